The zero-order valence-corrected chi connectivity index (χ0v) is 12.8. The normalized spacial score (nSPS) is 66.9. The van der Waals surface area contributed by atoms with Gasteiger partial charge in [-0.2, -0.15) is 10.5 Å². The van der Waals surface area contributed by atoms with Crippen molar-refractivity contribution in [1.29, 1.82) is 10.5 Å². The van der Waals surface area contributed by atoms with Crippen molar-refractivity contribution >= 4 is 0 Å². The Morgan fingerprint density at radius 3 is 1.74 bits per heavy atom. The molecular weight excluding hydrogens is 280 g/mol. The van der Waals surface area contributed by atoms with Gasteiger partial charge in [0.2, 0.25) is 0 Å². The predicted molar refractivity (Wildman–Crippen MR) is 83.0 cm³/mol. The molecule has 0 bridgehead atoms. The van der Waals surface area contributed by atoms with Gasteiger partial charge in [0.05, 0.1) is 12.1 Å². The molecule has 7 rings (SSSR count). The molecule has 6 saturated carbocycles. The second-order valence-electron chi connectivity index (χ2n) is 9.05. The number of allylic oxidation sites excluding steroid dienone is 6. The van der Waals surface area contributed by atoms with Crippen LogP contribution in [0.2, 0.25) is 0 Å². The summed E-state index contributed by atoms with van der Waals surface area (Å²) < 4.78 is 0. The third-order valence-electron chi connectivity index (χ3n) is 9.30. The van der Waals surface area contributed by atoms with Crippen molar-refractivity contribution in [2.45, 2.75) is 6.42 Å². The molecule has 10 atom stereocenters. The van der Waals surface area contributed by atoms with E-state index in [2.05, 4.69) is 24.3 Å². The largest absolute Gasteiger partial charge is 0.193 e. The van der Waals surface area contributed by atoms with Gasteiger partial charge in [0, 0.05) is 12.2 Å². The maximum Gasteiger partial charge on any atom is 0.0911 e. The molecule has 112 valence electrons. The summed E-state index contributed by atoms with van der Waals surface area (Å²) in [6.07, 6.45) is 10.1. The number of fused-ring (bicyclic) bond motifs is 2. The van der Waals surface area contributed by atoms with Crippen molar-refractivity contribution in [2.75, 3.05) is 0 Å². The molecule has 0 amide bonds. The maximum absolute atomic E-state index is 9.36. The van der Waals surface area contributed by atoms with Gasteiger partial charge in [-0.1, -0.05) is 23.3 Å². The Balaban J connectivity index is 1.54. The molecule has 0 saturated heterocycles. The highest BCUT2D eigenvalue weighted by Crippen LogP contribution is 2.85. The molecule has 0 spiro atoms. The van der Waals surface area contributed by atoms with E-state index in [1.807, 2.05) is 12.2 Å². The van der Waals surface area contributed by atoms with Gasteiger partial charge in [0.25, 0.3) is 0 Å². The van der Waals surface area contributed by atoms with Gasteiger partial charge in [-0.3, -0.25) is 0 Å². The fraction of sp³-hybridized carbons (Fsp3) is 0.619. The van der Waals surface area contributed by atoms with E-state index in [0.717, 1.165) is 35.5 Å². The summed E-state index contributed by atoms with van der Waals surface area (Å²) in [6.45, 7) is 0. The van der Waals surface area contributed by atoms with Gasteiger partial charge >= 0.3 is 0 Å². The van der Waals surface area contributed by atoms with Crippen LogP contribution in [0.5, 0.6) is 0 Å². The predicted octanol–water partition coefficient (Wildman–Crippen LogP) is 3.32. The Kier molecular flexibility index (Phi) is 1.70. The Labute approximate surface area is 136 Å². The molecule has 6 fully saturated rings. The second-order valence-corrected chi connectivity index (χ2v) is 9.05. The summed E-state index contributed by atoms with van der Waals surface area (Å²) in [5.41, 5.74) is 3.01. The van der Waals surface area contributed by atoms with Gasteiger partial charge < -0.3 is 0 Å². The summed E-state index contributed by atoms with van der Waals surface area (Å²) in [6, 6.07) is 4.76. The molecule has 0 radical (unpaired) electrons. The van der Waals surface area contributed by atoms with Crippen LogP contribution in [0.3, 0.4) is 0 Å². The standard InChI is InChI=1S/C21H18N2/c22-5-3-8-12-7-13-9(4-6-23)15-11-2-1-10-14(8)19-17(12)18(13)20(15)21(19)16(10)11/h1-4,10-21H,7H2/b8-3+,9-4+. The lowest BCUT2D eigenvalue weighted by Gasteiger charge is -2.27. The van der Waals surface area contributed by atoms with Gasteiger partial charge in [-0.15, -0.1) is 0 Å². The Hall–Kier alpha value is -1.80. The van der Waals surface area contributed by atoms with Crippen LogP contribution in [0.4, 0.5) is 0 Å². The van der Waals surface area contributed by atoms with Crippen molar-refractivity contribution in [3.8, 4) is 12.1 Å². The topological polar surface area (TPSA) is 47.6 Å². The molecule has 0 aromatic carbocycles. The summed E-state index contributed by atoms with van der Waals surface area (Å²) >= 11 is 0. The fourth-order valence-corrected chi connectivity index (χ4v) is 9.58. The summed E-state index contributed by atoms with van der Waals surface area (Å²) in [5.74, 6) is 9.24. The number of nitriles is 2. The number of hydrogen-bond acceptors (Lipinski definition) is 2. The van der Waals surface area contributed by atoms with Crippen molar-refractivity contribution in [3.63, 3.8) is 0 Å². The second kappa shape index (κ2) is 3.34. The Bertz CT molecular complexity index is 767. The summed E-state index contributed by atoms with van der Waals surface area (Å²) in [7, 11) is 0. The molecule has 0 heterocycles. The van der Waals surface area contributed by atoms with E-state index in [1.54, 1.807) is 0 Å². The average Bonchev–Trinajstić information content (AvgIpc) is 3.28. The highest BCUT2D eigenvalue weighted by atomic mass is 14.8. The molecule has 0 aliphatic heterocycles. The van der Waals surface area contributed by atoms with E-state index in [-0.39, 0.29) is 0 Å². The molecular formula is C21H18N2. The van der Waals surface area contributed by atoms with E-state index in [0.29, 0.717) is 35.5 Å². The number of hydrogen-bond donors (Lipinski definition) is 0. The van der Waals surface area contributed by atoms with Crippen LogP contribution in [0, 0.1) is 93.7 Å². The lowest BCUT2D eigenvalue weighted by atomic mass is 9.76. The van der Waals surface area contributed by atoms with E-state index in [9.17, 15) is 10.5 Å². The Morgan fingerprint density at radius 1 is 0.739 bits per heavy atom. The van der Waals surface area contributed by atoms with Crippen molar-refractivity contribution in [1.82, 2.24) is 0 Å². The monoisotopic (exact) mass is 298 g/mol. The fourth-order valence-electron chi connectivity index (χ4n) is 9.58. The van der Waals surface area contributed by atoms with Gasteiger partial charge in [-0.05, 0) is 77.4 Å². The minimum atomic E-state index is 0.654. The number of rotatable bonds is 0. The highest BCUT2D eigenvalue weighted by Gasteiger charge is 2.80. The van der Waals surface area contributed by atoms with E-state index < -0.39 is 0 Å². The highest BCUT2D eigenvalue weighted by molar-refractivity contribution is 5.47. The van der Waals surface area contributed by atoms with Crippen LogP contribution in [0.15, 0.2) is 35.5 Å². The van der Waals surface area contributed by atoms with Crippen LogP contribution in [-0.4, -0.2) is 0 Å². The van der Waals surface area contributed by atoms with Crippen LogP contribution in [0.25, 0.3) is 0 Å². The third kappa shape index (κ3) is 0.922. The first-order chi connectivity index (χ1) is 11.4. The SMILES string of the molecule is N#C/C=C1\C2CC3/C(=C\C#N)C4C5C=CC6C1C1C2C3C4C1C65. The number of nitrogens with zero attached hydrogens (tertiary/aromatic N) is 2. The van der Waals surface area contributed by atoms with E-state index in [4.69, 9.17) is 0 Å². The minimum Gasteiger partial charge on any atom is -0.193 e. The zero-order valence-electron chi connectivity index (χ0n) is 12.8. The average molecular weight is 298 g/mol. The van der Waals surface area contributed by atoms with Crippen LogP contribution in [0.1, 0.15) is 6.42 Å². The zero-order chi connectivity index (χ0) is 15.0. The van der Waals surface area contributed by atoms with Crippen LogP contribution in [-0.2, 0) is 0 Å². The summed E-state index contributed by atoms with van der Waals surface area (Å²) in [4.78, 5) is 0. The molecule has 0 N–H and O–H groups in total. The lowest BCUT2D eigenvalue weighted by Crippen LogP contribution is -2.21. The maximum atomic E-state index is 9.36. The first-order valence-corrected chi connectivity index (χ1v) is 9.24. The molecule has 0 aromatic heterocycles. The van der Waals surface area contributed by atoms with Crippen molar-refractivity contribution < 1.29 is 0 Å². The van der Waals surface area contributed by atoms with Gasteiger partial charge in [0.15, 0.2) is 0 Å². The first-order valence-electron chi connectivity index (χ1n) is 9.24. The van der Waals surface area contributed by atoms with E-state index >= 15 is 0 Å². The quantitative estimate of drug-likeness (QED) is 0.509. The van der Waals surface area contributed by atoms with Crippen LogP contribution < -0.4 is 0 Å². The lowest BCUT2D eigenvalue weighted by molar-refractivity contribution is 0.294. The van der Waals surface area contributed by atoms with Gasteiger partial charge in [0.1, 0.15) is 0 Å². The molecule has 7 aliphatic carbocycles. The van der Waals surface area contributed by atoms with Crippen molar-refractivity contribution in [2.24, 2.45) is 71.0 Å². The molecule has 10 unspecified atom stereocenters. The van der Waals surface area contributed by atoms with Crippen LogP contribution >= 0.6 is 0 Å². The molecule has 2 heteroatoms. The molecule has 23 heavy (non-hydrogen) atoms. The molecule has 2 nitrogen and oxygen atoms in total. The molecule has 7 aliphatic rings. The van der Waals surface area contributed by atoms with Crippen molar-refractivity contribution in [3.05, 3.63) is 35.5 Å². The van der Waals surface area contributed by atoms with Gasteiger partial charge in [-0.25, -0.2) is 0 Å². The van der Waals surface area contributed by atoms with E-state index in [1.165, 1.54) is 17.6 Å². The smallest absolute Gasteiger partial charge is 0.0911 e. The third-order valence-corrected chi connectivity index (χ3v) is 9.30. The minimum absolute atomic E-state index is 0.654. The first kappa shape index (κ1) is 11.7. The summed E-state index contributed by atoms with van der Waals surface area (Å²) in [5, 5.41) is 18.7. The molecule has 0 aromatic rings. The Morgan fingerprint density at radius 2 is 1.26 bits per heavy atom.